The number of benzene rings is 1. The molecular weight excluding hydrogens is 200 g/mol. The lowest BCUT2D eigenvalue weighted by Crippen LogP contribution is -2.08. The molecule has 0 heterocycles. The van der Waals surface area contributed by atoms with E-state index in [1.54, 1.807) is 0 Å². The molecule has 1 rings (SSSR count). The number of hydrogen-bond donors (Lipinski definition) is 2. The second kappa shape index (κ2) is 5.90. The number of hydrogen-bond acceptors (Lipinski definition) is 2. The molecule has 0 aliphatic carbocycles. The number of aliphatic imine (C=N–C) groups is 2. The highest BCUT2D eigenvalue weighted by atomic mass is 14.9. The van der Waals surface area contributed by atoms with Crippen LogP contribution in [0.1, 0.15) is 26.7 Å². The Kier molecular flexibility index (Phi) is 4.51. The molecule has 1 aromatic carbocycles. The van der Waals surface area contributed by atoms with Gasteiger partial charge in [-0.05, 0) is 24.3 Å². The standard InChI is InChI=1S/C12H18N4/c1-3-11(13)15-9-5-7-10(8-6-9)16-12(14)4-2/h5-8H,3-4H2,1-2H3,(H2,13,15)(H2,14,16). The van der Waals surface area contributed by atoms with Gasteiger partial charge < -0.3 is 11.5 Å². The van der Waals surface area contributed by atoms with Crippen LogP contribution in [0.4, 0.5) is 11.4 Å². The molecule has 4 N–H and O–H groups in total. The monoisotopic (exact) mass is 218 g/mol. The Bertz CT molecular complexity index is 351. The van der Waals surface area contributed by atoms with Crippen LogP contribution in [0.15, 0.2) is 34.3 Å². The summed E-state index contributed by atoms with van der Waals surface area (Å²) in [4.78, 5) is 8.47. The molecule has 0 saturated heterocycles. The molecule has 4 heteroatoms. The van der Waals surface area contributed by atoms with E-state index in [2.05, 4.69) is 9.98 Å². The predicted octanol–water partition coefficient (Wildman–Crippen LogP) is 2.48. The van der Waals surface area contributed by atoms with Crippen LogP contribution in [0.3, 0.4) is 0 Å². The molecule has 0 aromatic heterocycles. The van der Waals surface area contributed by atoms with Gasteiger partial charge in [0.15, 0.2) is 0 Å². The molecule has 86 valence electrons. The number of nitrogens with two attached hydrogens (primary N) is 2. The molecule has 0 saturated carbocycles. The zero-order valence-electron chi connectivity index (χ0n) is 9.77. The van der Waals surface area contributed by atoms with Gasteiger partial charge in [0, 0.05) is 12.8 Å². The normalized spacial score (nSPS) is 12.9. The lowest BCUT2D eigenvalue weighted by molar-refractivity contribution is 1.23. The lowest BCUT2D eigenvalue weighted by atomic mass is 10.3. The summed E-state index contributed by atoms with van der Waals surface area (Å²) >= 11 is 0. The summed E-state index contributed by atoms with van der Waals surface area (Å²) in [7, 11) is 0. The Morgan fingerprint density at radius 1 is 0.875 bits per heavy atom. The van der Waals surface area contributed by atoms with Crippen molar-refractivity contribution in [2.75, 3.05) is 0 Å². The van der Waals surface area contributed by atoms with E-state index in [1.807, 2.05) is 38.1 Å². The zero-order chi connectivity index (χ0) is 12.0. The first-order valence-corrected chi connectivity index (χ1v) is 5.41. The maximum absolute atomic E-state index is 5.65. The fraction of sp³-hybridized carbons (Fsp3) is 0.333. The average Bonchev–Trinajstić information content (AvgIpc) is 2.31. The van der Waals surface area contributed by atoms with Crippen molar-refractivity contribution in [1.82, 2.24) is 0 Å². The zero-order valence-corrected chi connectivity index (χ0v) is 9.77. The van der Waals surface area contributed by atoms with Crippen LogP contribution >= 0.6 is 0 Å². The molecule has 0 amide bonds. The lowest BCUT2D eigenvalue weighted by Gasteiger charge is -1.99. The van der Waals surface area contributed by atoms with Crippen molar-refractivity contribution in [3.63, 3.8) is 0 Å². The van der Waals surface area contributed by atoms with Gasteiger partial charge in [0.25, 0.3) is 0 Å². The summed E-state index contributed by atoms with van der Waals surface area (Å²) in [5, 5.41) is 0. The maximum atomic E-state index is 5.65. The third-order valence-electron chi connectivity index (χ3n) is 2.12. The molecule has 0 aliphatic rings. The van der Waals surface area contributed by atoms with Crippen LogP contribution in [0.5, 0.6) is 0 Å². The highest BCUT2D eigenvalue weighted by Crippen LogP contribution is 2.18. The molecule has 0 fully saturated rings. The highest BCUT2D eigenvalue weighted by Gasteiger charge is 1.94. The van der Waals surface area contributed by atoms with Crippen LogP contribution in [0, 0.1) is 0 Å². The van der Waals surface area contributed by atoms with E-state index in [-0.39, 0.29) is 0 Å². The minimum Gasteiger partial charge on any atom is -0.387 e. The third-order valence-corrected chi connectivity index (χ3v) is 2.12. The molecule has 1 aromatic rings. The minimum atomic E-state index is 0.629. The van der Waals surface area contributed by atoms with Gasteiger partial charge in [0.2, 0.25) is 0 Å². The quantitative estimate of drug-likeness (QED) is 0.601. The second-order valence-electron chi connectivity index (χ2n) is 3.43. The van der Waals surface area contributed by atoms with Crippen molar-refractivity contribution in [3.05, 3.63) is 24.3 Å². The van der Waals surface area contributed by atoms with Gasteiger partial charge >= 0.3 is 0 Å². The Morgan fingerprint density at radius 2 is 1.19 bits per heavy atom. The van der Waals surface area contributed by atoms with Crippen molar-refractivity contribution >= 4 is 23.0 Å². The Hall–Kier alpha value is -1.84. The predicted molar refractivity (Wildman–Crippen MR) is 69.6 cm³/mol. The molecule has 0 aliphatic heterocycles. The van der Waals surface area contributed by atoms with Gasteiger partial charge in [-0.15, -0.1) is 0 Å². The average molecular weight is 218 g/mol. The topological polar surface area (TPSA) is 76.8 Å². The Morgan fingerprint density at radius 3 is 1.44 bits per heavy atom. The van der Waals surface area contributed by atoms with Crippen LogP contribution < -0.4 is 11.5 Å². The molecular formula is C12H18N4. The van der Waals surface area contributed by atoms with E-state index < -0.39 is 0 Å². The first-order chi connectivity index (χ1) is 7.65. The molecule has 0 unspecified atom stereocenters. The third kappa shape index (κ3) is 3.73. The van der Waals surface area contributed by atoms with Gasteiger partial charge in [-0.1, -0.05) is 13.8 Å². The minimum absolute atomic E-state index is 0.629. The summed E-state index contributed by atoms with van der Waals surface area (Å²) in [6, 6.07) is 7.52. The van der Waals surface area contributed by atoms with Gasteiger partial charge in [0.1, 0.15) is 0 Å². The van der Waals surface area contributed by atoms with E-state index in [0.29, 0.717) is 11.7 Å². The van der Waals surface area contributed by atoms with Gasteiger partial charge in [-0.2, -0.15) is 0 Å². The van der Waals surface area contributed by atoms with Gasteiger partial charge in [-0.25, -0.2) is 9.98 Å². The van der Waals surface area contributed by atoms with Crippen LogP contribution in [-0.2, 0) is 0 Å². The Labute approximate surface area is 96.1 Å². The van der Waals surface area contributed by atoms with E-state index >= 15 is 0 Å². The Balaban J connectivity index is 2.83. The summed E-state index contributed by atoms with van der Waals surface area (Å²) in [5.41, 5.74) is 13.0. The highest BCUT2D eigenvalue weighted by molar-refractivity contribution is 5.84. The van der Waals surface area contributed by atoms with Crippen molar-refractivity contribution in [2.24, 2.45) is 21.5 Å². The van der Waals surface area contributed by atoms with Gasteiger partial charge in [-0.3, -0.25) is 0 Å². The maximum Gasteiger partial charge on any atom is 0.0993 e. The summed E-state index contributed by atoms with van der Waals surface area (Å²) in [6.45, 7) is 3.94. The van der Waals surface area contributed by atoms with Crippen LogP contribution in [0.2, 0.25) is 0 Å². The smallest absolute Gasteiger partial charge is 0.0993 e. The first kappa shape index (κ1) is 12.2. The van der Waals surface area contributed by atoms with E-state index in [1.165, 1.54) is 0 Å². The number of rotatable bonds is 4. The molecule has 0 spiro atoms. The second-order valence-corrected chi connectivity index (χ2v) is 3.43. The van der Waals surface area contributed by atoms with E-state index in [9.17, 15) is 0 Å². The van der Waals surface area contributed by atoms with Crippen molar-refractivity contribution in [2.45, 2.75) is 26.7 Å². The SMILES string of the molecule is CCC(N)=Nc1ccc(N=C(N)CC)cc1. The molecule has 4 nitrogen and oxygen atoms in total. The summed E-state index contributed by atoms with van der Waals surface area (Å²) in [6.07, 6.45) is 1.51. The number of amidine groups is 2. The summed E-state index contributed by atoms with van der Waals surface area (Å²) in [5.74, 6) is 1.26. The number of nitrogens with zero attached hydrogens (tertiary/aromatic N) is 2. The molecule has 0 bridgehead atoms. The molecule has 0 atom stereocenters. The molecule has 16 heavy (non-hydrogen) atoms. The van der Waals surface area contributed by atoms with E-state index in [0.717, 1.165) is 24.2 Å². The molecule has 0 radical (unpaired) electrons. The van der Waals surface area contributed by atoms with Crippen molar-refractivity contribution < 1.29 is 0 Å². The summed E-state index contributed by atoms with van der Waals surface area (Å²) < 4.78 is 0. The fourth-order valence-electron chi connectivity index (χ4n) is 1.09. The van der Waals surface area contributed by atoms with Gasteiger partial charge in [0.05, 0.1) is 23.0 Å². The van der Waals surface area contributed by atoms with Crippen LogP contribution in [-0.4, -0.2) is 11.7 Å². The van der Waals surface area contributed by atoms with E-state index in [4.69, 9.17) is 11.5 Å². The van der Waals surface area contributed by atoms with Crippen LogP contribution in [0.25, 0.3) is 0 Å². The largest absolute Gasteiger partial charge is 0.387 e. The van der Waals surface area contributed by atoms with Crippen molar-refractivity contribution in [3.8, 4) is 0 Å². The first-order valence-electron chi connectivity index (χ1n) is 5.41. The fourth-order valence-corrected chi connectivity index (χ4v) is 1.09. The van der Waals surface area contributed by atoms with Crippen molar-refractivity contribution in [1.29, 1.82) is 0 Å².